The van der Waals surface area contributed by atoms with Crippen molar-refractivity contribution < 1.29 is 4.79 Å². The number of nitrogens with one attached hydrogen (secondary N) is 1. The highest BCUT2D eigenvalue weighted by Gasteiger charge is 2.22. The summed E-state index contributed by atoms with van der Waals surface area (Å²) in [7, 11) is 0. The summed E-state index contributed by atoms with van der Waals surface area (Å²) in [4.78, 5) is 11.7. The lowest BCUT2D eigenvalue weighted by Gasteiger charge is -2.22. The van der Waals surface area contributed by atoms with Gasteiger partial charge in [0, 0.05) is 25.4 Å². The number of Topliss-reactive ketones (excluding diaryl/α,β-unsaturated/α-hetero) is 1. The van der Waals surface area contributed by atoms with Crippen LogP contribution in [0.4, 0.5) is 0 Å². The zero-order valence-electron chi connectivity index (χ0n) is 10.0. The zero-order chi connectivity index (χ0) is 11.5. The van der Waals surface area contributed by atoms with Crippen molar-refractivity contribution in [2.24, 2.45) is 5.92 Å². The molecule has 1 N–H and O–H groups in total. The number of carbonyl (C=O) groups is 1. The number of piperidine rings is 1. The number of benzene rings is 1. The Balaban J connectivity index is 2.10. The molecule has 1 atom stereocenters. The monoisotopic (exact) mass is 217 g/mol. The van der Waals surface area contributed by atoms with Crippen molar-refractivity contribution in [3.8, 4) is 0 Å². The van der Waals surface area contributed by atoms with Crippen LogP contribution in [0.5, 0.6) is 0 Å². The lowest BCUT2D eigenvalue weighted by atomic mass is 9.89. The SMILES string of the molecule is Cc1ccc(CC2CNCCC2=O)c(C)c1. The third-order valence-corrected chi connectivity index (χ3v) is 3.36. The van der Waals surface area contributed by atoms with Gasteiger partial charge in [-0.3, -0.25) is 4.79 Å². The smallest absolute Gasteiger partial charge is 0.138 e. The lowest BCUT2D eigenvalue weighted by molar-refractivity contribution is -0.123. The molecule has 1 fully saturated rings. The summed E-state index contributed by atoms with van der Waals surface area (Å²) in [6.07, 6.45) is 1.58. The third-order valence-electron chi connectivity index (χ3n) is 3.36. The third kappa shape index (κ3) is 2.50. The Hall–Kier alpha value is -1.15. The van der Waals surface area contributed by atoms with E-state index >= 15 is 0 Å². The molecule has 0 saturated carbocycles. The minimum Gasteiger partial charge on any atom is -0.316 e. The van der Waals surface area contributed by atoms with Crippen LogP contribution in [0.3, 0.4) is 0 Å². The van der Waals surface area contributed by atoms with Gasteiger partial charge in [0.2, 0.25) is 0 Å². The zero-order valence-corrected chi connectivity index (χ0v) is 10.0. The summed E-state index contributed by atoms with van der Waals surface area (Å²) in [5.41, 5.74) is 3.90. The van der Waals surface area contributed by atoms with Crippen LogP contribution in [-0.2, 0) is 11.2 Å². The normalized spacial score (nSPS) is 21.1. The van der Waals surface area contributed by atoms with Gasteiger partial charge in [0.1, 0.15) is 5.78 Å². The average molecular weight is 217 g/mol. The van der Waals surface area contributed by atoms with Crippen LogP contribution in [-0.4, -0.2) is 18.9 Å². The summed E-state index contributed by atoms with van der Waals surface area (Å²) in [6.45, 7) is 5.92. The Bertz CT molecular complexity index is 398. The van der Waals surface area contributed by atoms with Gasteiger partial charge in [-0.05, 0) is 31.4 Å². The van der Waals surface area contributed by atoms with Crippen LogP contribution in [0.1, 0.15) is 23.1 Å². The Morgan fingerprint density at radius 1 is 1.38 bits per heavy atom. The molecule has 1 aliphatic heterocycles. The number of ketones is 1. The van der Waals surface area contributed by atoms with Gasteiger partial charge >= 0.3 is 0 Å². The second kappa shape index (κ2) is 4.79. The molecule has 1 aliphatic rings. The van der Waals surface area contributed by atoms with Crippen molar-refractivity contribution in [1.82, 2.24) is 5.32 Å². The lowest BCUT2D eigenvalue weighted by Crippen LogP contribution is -2.38. The Morgan fingerprint density at radius 3 is 2.88 bits per heavy atom. The highest BCUT2D eigenvalue weighted by molar-refractivity contribution is 5.82. The van der Waals surface area contributed by atoms with Gasteiger partial charge in [0.05, 0.1) is 0 Å². The molecule has 0 bridgehead atoms. The molecule has 1 aromatic rings. The quantitative estimate of drug-likeness (QED) is 0.821. The number of rotatable bonds is 2. The molecule has 0 aliphatic carbocycles. The maximum Gasteiger partial charge on any atom is 0.138 e. The summed E-state index contributed by atoms with van der Waals surface area (Å²) in [5.74, 6) is 0.592. The van der Waals surface area contributed by atoms with Gasteiger partial charge in [0.15, 0.2) is 0 Å². The average Bonchev–Trinajstić information content (AvgIpc) is 2.25. The molecule has 1 unspecified atom stereocenters. The molecule has 1 aromatic carbocycles. The number of carbonyl (C=O) groups excluding carboxylic acids is 1. The van der Waals surface area contributed by atoms with Crippen molar-refractivity contribution in [2.45, 2.75) is 26.7 Å². The molecule has 1 saturated heterocycles. The van der Waals surface area contributed by atoms with Crippen LogP contribution < -0.4 is 5.32 Å². The molecule has 16 heavy (non-hydrogen) atoms. The van der Waals surface area contributed by atoms with E-state index < -0.39 is 0 Å². The van der Waals surface area contributed by atoms with Crippen molar-refractivity contribution >= 4 is 5.78 Å². The fourth-order valence-electron chi connectivity index (χ4n) is 2.33. The topological polar surface area (TPSA) is 29.1 Å². The van der Waals surface area contributed by atoms with Crippen LogP contribution >= 0.6 is 0 Å². The van der Waals surface area contributed by atoms with Crippen LogP contribution in [0.2, 0.25) is 0 Å². The van der Waals surface area contributed by atoms with Gasteiger partial charge in [-0.2, -0.15) is 0 Å². The molecule has 0 amide bonds. The van der Waals surface area contributed by atoms with E-state index in [2.05, 4.69) is 37.4 Å². The molecule has 2 nitrogen and oxygen atoms in total. The fourth-order valence-corrected chi connectivity index (χ4v) is 2.33. The number of aryl methyl sites for hydroxylation is 2. The van der Waals surface area contributed by atoms with Crippen molar-refractivity contribution in [3.05, 3.63) is 34.9 Å². The summed E-state index contributed by atoms with van der Waals surface area (Å²) < 4.78 is 0. The summed E-state index contributed by atoms with van der Waals surface area (Å²) in [6, 6.07) is 6.48. The van der Waals surface area contributed by atoms with E-state index in [9.17, 15) is 4.79 Å². The standard InChI is InChI=1S/C14H19NO/c1-10-3-4-12(11(2)7-10)8-13-9-15-6-5-14(13)16/h3-4,7,13,15H,5-6,8-9H2,1-2H3. The van der Waals surface area contributed by atoms with Crippen molar-refractivity contribution in [3.63, 3.8) is 0 Å². The first-order valence-electron chi connectivity index (χ1n) is 5.96. The molecule has 0 spiro atoms. The second-order valence-corrected chi connectivity index (χ2v) is 4.75. The second-order valence-electron chi connectivity index (χ2n) is 4.75. The van der Waals surface area contributed by atoms with Crippen LogP contribution in [0.25, 0.3) is 0 Å². The first-order chi connectivity index (χ1) is 7.66. The first-order valence-corrected chi connectivity index (χ1v) is 5.96. The van der Waals surface area contributed by atoms with Crippen molar-refractivity contribution in [2.75, 3.05) is 13.1 Å². The van der Waals surface area contributed by atoms with E-state index in [1.807, 2.05) is 0 Å². The Morgan fingerprint density at radius 2 is 2.19 bits per heavy atom. The maximum absolute atomic E-state index is 11.7. The Kier molecular flexibility index (Phi) is 3.39. The minimum absolute atomic E-state index is 0.176. The van der Waals surface area contributed by atoms with E-state index in [4.69, 9.17) is 0 Å². The largest absolute Gasteiger partial charge is 0.316 e. The summed E-state index contributed by atoms with van der Waals surface area (Å²) in [5, 5.41) is 3.30. The Labute approximate surface area is 97.1 Å². The first kappa shape index (κ1) is 11.3. The van der Waals surface area contributed by atoms with E-state index in [0.29, 0.717) is 12.2 Å². The number of hydrogen-bond acceptors (Lipinski definition) is 2. The van der Waals surface area contributed by atoms with E-state index in [1.165, 1.54) is 16.7 Å². The van der Waals surface area contributed by atoms with Gasteiger partial charge in [0.25, 0.3) is 0 Å². The van der Waals surface area contributed by atoms with Crippen LogP contribution in [0, 0.1) is 19.8 Å². The molecule has 0 aromatic heterocycles. The molecule has 86 valence electrons. The molecule has 0 radical (unpaired) electrons. The summed E-state index contributed by atoms with van der Waals surface area (Å²) >= 11 is 0. The molecule has 2 rings (SSSR count). The maximum atomic E-state index is 11.7. The van der Waals surface area contributed by atoms with Gasteiger partial charge < -0.3 is 5.32 Å². The predicted octanol–water partition coefficient (Wildman–Crippen LogP) is 2.02. The van der Waals surface area contributed by atoms with Gasteiger partial charge in [-0.1, -0.05) is 23.8 Å². The van der Waals surface area contributed by atoms with E-state index in [-0.39, 0.29) is 5.92 Å². The van der Waals surface area contributed by atoms with Gasteiger partial charge in [-0.15, -0.1) is 0 Å². The molecular weight excluding hydrogens is 198 g/mol. The van der Waals surface area contributed by atoms with E-state index in [0.717, 1.165) is 19.5 Å². The highest BCUT2D eigenvalue weighted by Crippen LogP contribution is 2.17. The minimum atomic E-state index is 0.176. The number of hydrogen-bond donors (Lipinski definition) is 1. The van der Waals surface area contributed by atoms with E-state index in [1.54, 1.807) is 0 Å². The predicted molar refractivity (Wildman–Crippen MR) is 65.6 cm³/mol. The van der Waals surface area contributed by atoms with Crippen LogP contribution in [0.15, 0.2) is 18.2 Å². The molecule has 1 heterocycles. The molecule has 2 heteroatoms. The fraction of sp³-hybridized carbons (Fsp3) is 0.500. The van der Waals surface area contributed by atoms with Crippen molar-refractivity contribution in [1.29, 1.82) is 0 Å². The highest BCUT2D eigenvalue weighted by atomic mass is 16.1. The van der Waals surface area contributed by atoms with Gasteiger partial charge in [-0.25, -0.2) is 0 Å². The molecular formula is C14H19NO.